The van der Waals surface area contributed by atoms with Crippen LogP contribution in [0.5, 0.6) is 5.75 Å². The molecule has 0 atom stereocenters. The fraction of sp³-hybridized carbons (Fsp3) is 0.333. The second-order valence-electron chi connectivity index (χ2n) is 4.35. The summed E-state index contributed by atoms with van der Waals surface area (Å²) in [6.07, 6.45) is 5.62. The second-order valence-corrected chi connectivity index (χ2v) is 4.35. The minimum absolute atomic E-state index is 0.103. The Hall–Kier alpha value is -2.04. The monoisotopic (exact) mass is 231 g/mol. The van der Waals surface area contributed by atoms with Crippen LogP contribution >= 0.6 is 0 Å². The van der Waals surface area contributed by atoms with E-state index in [1.165, 1.54) is 0 Å². The summed E-state index contributed by atoms with van der Waals surface area (Å²) in [5.74, 6) is 0.457. The molecule has 2 N–H and O–H groups in total. The number of fused-ring (bicyclic) bond motifs is 1. The maximum Gasteiger partial charge on any atom is 0.223 e. The maximum atomic E-state index is 11.5. The molecule has 2 aromatic heterocycles. The maximum absolute atomic E-state index is 11.5. The van der Waals surface area contributed by atoms with Gasteiger partial charge in [0.15, 0.2) is 11.4 Å². The average Bonchev–Trinajstić information content (AvgIpc) is 3.07. The highest BCUT2D eigenvalue weighted by Gasteiger charge is 2.29. The number of carbonyl (C=O) groups is 1. The van der Waals surface area contributed by atoms with Gasteiger partial charge in [0.25, 0.3) is 0 Å². The number of aromatic hydroxyl groups is 1. The summed E-state index contributed by atoms with van der Waals surface area (Å²) < 4.78 is 1.74. The van der Waals surface area contributed by atoms with Gasteiger partial charge in [-0.05, 0) is 25.0 Å². The van der Waals surface area contributed by atoms with Gasteiger partial charge in [-0.25, -0.2) is 4.98 Å². The van der Waals surface area contributed by atoms with Gasteiger partial charge in [0.1, 0.15) is 0 Å². The van der Waals surface area contributed by atoms with E-state index in [-0.39, 0.29) is 17.6 Å². The number of pyridine rings is 1. The first kappa shape index (κ1) is 10.1. The normalized spacial score (nSPS) is 15.1. The summed E-state index contributed by atoms with van der Waals surface area (Å²) in [5.41, 5.74) is 1.27. The lowest BCUT2D eigenvalue weighted by atomic mass is 10.4. The molecular formula is C12H13N3O2. The van der Waals surface area contributed by atoms with E-state index in [0.717, 1.165) is 18.5 Å². The number of amides is 1. The van der Waals surface area contributed by atoms with Crippen molar-refractivity contribution in [1.82, 2.24) is 14.7 Å². The minimum Gasteiger partial charge on any atom is -0.504 e. The van der Waals surface area contributed by atoms with Gasteiger partial charge in [0.05, 0.1) is 12.2 Å². The molecule has 0 bridgehead atoms. The number of hydrogen-bond acceptors (Lipinski definition) is 3. The van der Waals surface area contributed by atoms with Crippen molar-refractivity contribution in [3.8, 4) is 5.75 Å². The third-order valence-electron chi connectivity index (χ3n) is 2.90. The van der Waals surface area contributed by atoms with Crippen LogP contribution in [0.25, 0.3) is 5.65 Å². The molecule has 5 nitrogen and oxygen atoms in total. The van der Waals surface area contributed by atoms with Crippen molar-refractivity contribution in [2.45, 2.75) is 19.4 Å². The number of carbonyl (C=O) groups excluding carboxylic acids is 1. The van der Waals surface area contributed by atoms with E-state index in [0.29, 0.717) is 12.2 Å². The standard InChI is InChI=1S/C12H13N3O2/c16-10-2-1-5-15-7-9(14-11(10)15)6-13-12(17)8-3-4-8/h1-2,5,7-8,16H,3-4,6H2,(H,13,17). The largest absolute Gasteiger partial charge is 0.504 e. The van der Waals surface area contributed by atoms with Crippen LogP contribution in [-0.2, 0) is 11.3 Å². The third-order valence-corrected chi connectivity index (χ3v) is 2.90. The van der Waals surface area contributed by atoms with Gasteiger partial charge < -0.3 is 14.8 Å². The number of nitrogens with zero attached hydrogens (tertiary/aromatic N) is 2. The van der Waals surface area contributed by atoms with Gasteiger partial charge in [-0.2, -0.15) is 0 Å². The van der Waals surface area contributed by atoms with Gasteiger partial charge in [-0.3, -0.25) is 4.79 Å². The topological polar surface area (TPSA) is 66.6 Å². The molecular weight excluding hydrogens is 218 g/mol. The summed E-state index contributed by atoms with van der Waals surface area (Å²) in [6.45, 7) is 0.413. The molecule has 5 heteroatoms. The lowest BCUT2D eigenvalue weighted by molar-refractivity contribution is -0.122. The first-order valence-corrected chi connectivity index (χ1v) is 5.67. The lowest BCUT2D eigenvalue weighted by Gasteiger charge is -1.99. The Morgan fingerprint density at radius 1 is 1.59 bits per heavy atom. The Balaban J connectivity index is 1.76. The van der Waals surface area contributed by atoms with E-state index in [9.17, 15) is 9.90 Å². The van der Waals surface area contributed by atoms with Crippen LogP contribution in [0.15, 0.2) is 24.5 Å². The quantitative estimate of drug-likeness (QED) is 0.830. The molecule has 1 fully saturated rings. The summed E-state index contributed by atoms with van der Waals surface area (Å²) in [5, 5.41) is 12.4. The molecule has 1 saturated carbocycles. The van der Waals surface area contributed by atoms with Crippen LogP contribution in [-0.4, -0.2) is 20.4 Å². The number of hydrogen-bond donors (Lipinski definition) is 2. The van der Waals surface area contributed by atoms with Crippen molar-refractivity contribution in [2.24, 2.45) is 5.92 Å². The second kappa shape index (κ2) is 3.76. The molecule has 17 heavy (non-hydrogen) atoms. The van der Waals surface area contributed by atoms with Crippen LogP contribution in [0.1, 0.15) is 18.5 Å². The highest BCUT2D eigenvalue weighted by Crippen LogP contribution is 2.28. The first-order valence-electron chi connectivity index (χ1n) is 5.67. The molecule has 0 radical (unpaired) electrons. The van der Waals surface area contributed by atoms with Crippen molar-refractivity contribution < 1.29 is 9.90 Å². The van der Waals surface area contributed by atoms with E-state index in [4.69, 9.17) is 0 Å². The number of aromatic nitrogens is 2. The smallest absolute Gasteiger partial charge is 0.223 e. The fourth-order valence-electron chi connectivity index (χ4n) is 1.80. The highest BCUT2D eigenvalue weighted by molar-refractivity contribution is 5.80. The summed E-state index contributed by atoms with van der Waals surface area (Å²) >= 11 is 0. The molecule has 3 rings (SSSR count). The van der Waals surface area contributed by atoms with Crippen LogP contribution < -0.4 is 5.32 Å². The average molecular weight is 231 g/mol. The predicted octanol–water partition coefficient (Wildman–Crippen LogP) is 1.07. The zero-order chi connectivity index (χ0) is 11.8. The van der Waals surface area contributed by atoms with E-state index in [1.807, 2.05) is 12.4 Å². The molecule has 88 valence electrons. The Morgan fingerprint density at radius 3 is 3.12 bits per heavy atom. The van der Waals surface area contributed by atoms with Crippen molar-refractivity contribution >= 4 is 11.6 Å². The lowest BCUT2D eigenvalue weighted by Crippen LogP contribution is -2.24. The zero-order valence-electron chi connectivity index (χ0n) is 9.26. The van der Waals surface area contributed by atoms with Gasteiger partial charge in [-0.1, -0.05) is 0 Å². The van der Waals surface area contributed by atoms with Crippen molar-refractivity contribution in [3.05, 3.63) is 30.2 Å². The van der Waals surface area contributed by atoms with Crippen LogP contribution in [0, 0.1) is 5.92 Å². The Morgan fingerprint density at radius 2 is 2.41 bits per heavy atom. The minimum atomic E-state index is 0.103. The van der Waals surface area contributed by atoms with Gasteiger partial charge in [0, 0.05) is 18.3 Å². The van der Waals surface area contributed by atoms with Crippen LogP contribution in [0.3, 0.4) is 0 Å². The first-order chi connectivity index (χ1) is 8.24. The summed E-state index contributed by atoms with van der Waals surface area (Å²) in [4.78, 5) is 15.7. The Kier molecular flexibility index (Phi) is 2.24. The van der Waals surface area contributed by atoms with Crippen LogP contribution in [0.2, 0.25) is 0 Å². The Labute approximate surface area is 98.1 Å². The molecule has 0 saturated heterocycles. The molecule has 2 heterocycles. The van der Waals surface area contributed by atoms with Crippen LogP contribution in [0.4, 0.5) is 0 Å². The molecule has 0 aliphatic heterocycles. The summed E-state index contributed by atoms with van der Waals surface area (Å²) in [6, 6.07) is 3.34. The summed E-state index contributed by atoms with van der Waals surface area (Å²) in [7, 11) is 0. The SMILES string of the molecule is O=C(NCc1cn2cccc(O)c2n1)C1CC1. The van der Waals surface area contributed by atoms with E-state index in [2.05, 4.69) is 10.3 Å². The molecule has 1 aliphatic rings. The molecule has 1 aliphatic carbocycles. The fourth-order valence-corrected chi connectivity index (χ4v) is 1.80. The van der Waals surface area contributed by atoms with Crippen molar-refractivity contribution in [2.75, 3.05) is 0 Å². The molecule has 0 aromatic carbocycles. The number of rotatable bonds is 3. The van der Waals surface area contributed by atoms with E-state index < -0.39 is 0 Å². The zero-order valence-corrected chi connectivity index (χ0v) is 9.26. The van der Waals surface area contributed by atoms with Gasteiger partial charge in [-0.15, -0.1) is 0 Å². The van der Waals surface area contributed by atoms with Gasteiger partial charge in [0.2, 0.25) is 5.91 Å². The number of nitrogens with one attached hydrogen (secondary N) is 1. The molecule has 0 unspecified atom stereocenters. The van der Waals surface area contributed by atoms with Crippen molar-refractivity contribution in [3.63, 3.8) is 0 Å². The van der Waals surface area contributed by atoms with E-state index >= 15 is 0 Å². The number of imidazole rings is 1. The van der Waals surface area contributed by atoms with Crippen molar-refractivity contribution in [1.29, 1.82) is 0 Å². The third kappa shape index (κ3) is 1.95. The predicted molar refractivity (Wildman–Crippen MR) is 61.4 cm³/mol. The molecule has 0 spiro atoms. The molecule has 2 aromatic rings. The highest BCUT2D eigenvalue weighted by atomic mass is 16.3. The molecule has 1 amide bonds. The Bertz CT molecular complexity index is 572. The van der Waals surface area contributed by atoms with Gasteiger partial charge >= 0.3 is 0 Å². The van der Waals surface area contributed by atoms with E-state index in [1.54, 1.807) is 16.5 Å².